The van der Waals surface area contributed by atoms with Crippen molar-refractivity contribution >= 4 is 0 Å². The molecule has 5 atom stereocenters. The van der Waals surface area contributed by atoms with Gasteiger partial charge >= 0.3 is 0 Å². The van der Waals surface area contributed by atoms with E-state index >= 15 is 0 Å². The minimum atomic E-state index is -1.46. The topological polar surface area (TPSA) is 109 Å². The van der Waals surface area contributed by atoms with Crippen LogP contribution in [0.2, 0.25) is 0 Å². The largest absolute Gasteiger partial charge is 0.462 e. The third-order valence-corrected chi connectivity index (χ3v) is 3.36. The molecule has 7 heteroatoms. The predicted octanol–water partition coefficient (Wildman–Crippen LogP) is -0.988. The third-order valence-electron chi connectivity index (χ3n) is 3.36. The minimum Gasteiger partial charge on any atom is -0.462 e. The summed E-state index contributed by atoms with van der Waals surface area (Å²) in [6, 6.07) is 7.03. The van der Waals surface area contributed by atoms with Gasteiger partial charge in [-0.1, -0.05) is 18.2 Å². The summed E-state index contributed by atoms with van der Waals surface area (Å²) in [5.41, 5.74) is 0.747. The zero-order chi connectivity index (χ0) is 15.4. The molecule has 1 saturated heterocycles. The van der Waals surface area contributed by atoms with Crippen molar-refractivity contribution in [2.45, 2.75) is 37.3 Å². The zero-order valence-electron chi connectivity index (χ0n) is 11.6. The summed E-state index contributed by atoms with van der Waals surface area (Å²) >= 11 is 0. The molecule has 0 radical (unpaired) electrons. The molecule has 1 aliphatic rings. The fourth-order valence-corrected chi connectivity index (χ4v) is 2.18. The maximum absolute atomic E-state index is 9.93. The molecule has 0 spiro atoms. The maximum Gasteiger partial charge on any atom is 0.229 e. The number of rotatable bonds is 5. The maximum atomic E-state index is 9.93. The lowest BCUT2D eigenvalue weighted by Crippen LogP contribution is -2.60. The highest BCUT2D eigenvalue weighted by molar-refractivity contribution is 5.33. The molecular weight excluding hydrogens is 280 g/mol. The number of ether oxygens (including phenoxy) is 3. The van der Waals surface area contributed by atoms with Crippen LogP contribution in [-0.2, 0) is 16.1 Å². The Labute approximate surface area is 122 Å². The Hall–Kier alpha value is -1.22. The second-order valence-electron chi connectivity index (χ2n) is 4.86. The first-order valence-electron chi connectivity index (χ1n) is 6.62. The highest BCUT2D eigenvalue weighted by atomic mass is 16.7. The molecule has 7 nitrogen and oxygen atoms in total. The van der Waals surface area contributed by atoms with Gasteiger partial charge in [0.25, 0.3) is 0 Å². The van der Waals surface area contributed by atoms with E-state index in [-0.39, 0.29) is 0 Å². The van der Waals surface area contributed by atoms with Crippen molar-refractivity contribution in [3.05, 3.63) is 29.8 Å². The fraction of sp³-hybridized carbons (Fsp3) is 0.571. The van der Waals surface area contributed by atoms with Crippen molar-refractivity contribution in [1.29, 1.82) is 0 Å². The van der Waals surface area contributed by atoms with Gasteiger partial charge in [-0.05, 0) is 6.07 Å². The van der Waals surface area contributed by atoms with Crippen LogP contribution in [0.4, 0.5) is 0 Å². The van der Waals surface area contributed by atoms with Crippen LogP contribution >= 0.6 is 0 Å². The Morgan fingerprint density at radius 3 is 2.48 bits per heavy atom. The standard InChI is InChI=1S/C14H20O7/c1-19-7-8-4-2-3-5-9(8)20-14-13(18)12(17)11(16)10(6-15)21-14/h2-5,10-18H,6-7H2,1H3/t10-,11-,12+,13-,14-/m1/s1. The molecule has 0 aliphatic carbocycles. The molecular formula is C14H20O7. The summed E-state index contributed by atoms with van der Waals surface area (Å²) in [7, 11) is 1.55. The molecule has 0 aromatic heterocycles. The summed E-state index contributed by atoms with van der Waals surface area (Å²) in [5.74, 6) is 0.434. The van der Waals surface area contributed by atoms with Crippen LogP contribution in [0, 0.1) is 0 Å². The van der Waals surface area contributed by atoms with E-state index in [2.05, 4.69) is 0 Å². The molecule has 1 aromatic rings. The van der Waals surface area contributed by atoms with E-state index < -0.39 is 37.3 Å². The summed E-state index contributed by atoms with van der Waals surface area (Å²) in [6.07, 6.45) is -6.49. The first kappa shape index (κ1) is 16.2. The van der Waals surface area contributed by atoms with E-state index in [9.17, 15) is 15.3 Å². The van der Waals surface area contributed by atoms with Crippen molar-refractivity contribution in [2.75, 3.05) is 13.7 Å². The second kappa shape index (κ2) is 7.17. The fourth-order valence-electron chi connectivity index (χ4n) is 2.18. The van der Waals surface area contributed by atoms with Gasteiger partial charge in [-0.25, -0.2) is 0 Å². The van der Waals surface area contributed by atoms with Gasteiger partial charge in [-0.15, -0.1) is 0 Å². The van der Waals surface area contributed by atoms with E-state index in [1.165, 1.54) is 0 Å². The smallest absolute Gasteiger partial charge is 0.229 e. The van der Waals surface area contributed by atoms with Crippen molar-refractivity contribution < 1.29 is 34.6 Å². The molecule has 118 valence electrons. The summed E-state index contributed by atoms with van der Waals surface area (Å²) in [5, 5.41) is 38.5. The molecule has 1 fully saturated rings. The van der Waals surface area contributed by atoms with Gasteiger partial charge in [0.05, 0.1) is 13.2 Å². The lowest BCUT2D eigenvalue weighted by atomic mass is 9.99. The van der Waals surface area contributed by atoms with Crippen LogP contribution in [0.1, 0.15) is 5.56 Å². The van der Waals surface area contributed by atoms with Gasteiger partial charge < -0.3 is 34.6 Å². The van der Waals surface area contributed by atoms with E-state index in [1.54, 1.807) is 25.3 Å². The van der Waals surface area contributed by atoms with E-state index in [0.29, 0.717) is 12.4 Å². The molecule has 0 amide bonds. The van der Waals surface area contributed by atoms with Gasteiger partial charge in [-0.2, -0.15) is 0 Å². The average molecular weight is 300 g/mol. The van der Waals surface area contributed by atoms with E-state index in [4.69, 9.17) is 19.3 Å². The van der Waals surface area contributed by atoms with Crippen LogP contribution in [0.5, 0.6) is 5.75 Å². The normalized spacial score (nSPS) is 32.9. The molecule has 0 saturated carbocycles. The first-order valence-corrected chi connectivity index (χ1v) is 6.62. The monoisotopic (exact) mass is 300 g/mol. The molecule has 0 bridgehead atoms. The quantitative estimate of drug-likeness (QED) is 0.553. The van der Waals surface area contributed by atoms with Crippen LogP contribution in [0.3, 0.4) is 0 Å². The Morgan fingerprint density at radius 2 is 1.81 bits per heavy atom. The lowest BCUT2D eigenvalue weighted by Gasteiger charge is -2.39. The number of hydrogen-bond donors (Lipinski definition) is 4. The molecule has 1 aromatic carbocycles. The summed E-state index contributed by atoms with van der Waals surface area (Å²) < 4.78 is 15.9. The molecule has 2 rings (SSSR count). The van der Waals surface area contributed by atoms with E-state index in [1.807, 2.05) is 6.07 Å². The van der Waals surface area contributed by atoms with Crippen LogP contribution in [0.25, 0.3) is 0 Å². The SMILES string of the molecule is COCc1ccccc1O[C@@H]1O[C@H](CO)[C@@H](O)[C@H](O)[C@H]1O. The number of methoxy groups -OCH3 is 1. The third kappa shape index (κ3) is 3.52. The van der Waals surface area contributed by atoms with Crippen molar-refractivity contribution in [1.82, 2.24) is 0 Å². The molecule has 0 unspecified atom stereocenters. The van der Waals surface area contributed by atoms with E-state index in [0.717, 1.165) is 5.56 Å². The number of aliphatic hydroxyl groups is 4. The molecule has 21 heavy (non-hydrogen) atoms. The summed E-state index contributed by atoms with van der Waals surface area (Å²) in [6.45, 7) is -0.182. The molecule has 1 heterocycles. The number of hydrogen-bond acceptors (Lipinski definition) is 7. The number of aliphatic hydroxyl groups excluding tert-OH is 4. The van der Waals surface area contributed by atoms with Gasteiger partial charge in [0.1, 0.15) is 30.2 Å². The second-order valence-corrected chi connectivity index (χ2v) is 4.86. The molecule has 1 aliphatic heterocycles. The number of para-hydroxylation sites is 1. The average Bonchev–Trinajstić information content (AvgIpc) is 2.50. The lowest BCUT2D eigenvalue weighted by molar-refractivity contribution is -0.277. The Balaban J connectivity index is 2.14. The highest BCUT2D eigenvalue weighted by Gasteiger charge is 2.44. The van der Waals surface area contributed by atoms with Crippen LogP contribution < -0.4 is 4.74 Å². The minimum absolute atomic E-state index is 0.313. The first-order chi connectivity index (χ1) is 10.1. The predicted molar refractivity (Wildman–Crippen MR) is 71.6 cm³/mol. The number of benzene rings is 1. The Bertz CT molecular complexity index is 451. The van der Waals surface area contributed by atoms with Gasteiger partial charge in [0.2, 0.25) is 6.29 Å². The van der Waals surface area contributed by atoms with Crippen molar-refractivity contribution in [3.63, 3.8) is 0 Å². The zero-order valence-corrected chi connectivity index (χ0v) is 11.6. The van der Waals surface area contributed by atoms with Crippen molar-refractivity contribution in [3.8, 4) is 5.75 Å². The van der Waals surface area contributed by atoms with Crippen molar-refractivity contribution in [2.24, 2.45) is 0 Å². The van der Waals surface area contributed by atoms with Gasteiger partial charge in [-0.3, -0.25) is 0 Å². The summed E-state index contributed by atoms with van der Waals surface area (Å²) in [4.78, 5) is 0. The molecule has 4 N–H and O–H groups in total. The van der Waals surface area contributed by atoms with Gasteiger partial charge in [0, 0.05) is 12.7 Å². The van der Waals surface area contributed by atoms with Crippen LogP contribution in [-0.4, -0.2) is 64.8 Å². The van der Waals surface area contributed by atoms with Gasteiger partial charge in [0.15, 0.2) is 0 Å². The van der Waals surface area contributed by atoms with Crippen LogP contribution in [0.15, 0.2) is 24.3 Å². The Morgan fingerprint density at radius 1 is 1.10 bits per heavy atom. The highest BCUT2D eigenvalue weighted by Crippen LogP contribution is 2.26. The Kier molecular flexibility index (Phi) is 5.51.